The van der Waals surface area contributed by atoms with E-state index in [0.29, 0.717) is 17.3 Å². The molecule has 7 heteroatoms. The maximum absolute atomic E-state index is 6.36. The average Bonchev–Trinajstić information content (AvgIpc) is 3.07. The minimum absolute atomic E-state index is 0.237. The predicted octanol–water partition coefficient (Wildman–Crippen LogP) is 2.63. The van der Waals surface area contributed by atoms with Crippen LogP contribution in [0.2, 0.25) is 5.02 Å². The molecule has 1 saturated heterocycles. The molecule has 26 heavy (non-hydrogen) atoms. The first kappa shape index (κ1) is 17.2. The number of piperidine rings is 1. The van der Waals surface area contributed by atoms with E-state index in [9.17, 15) is 0 Å². The lowest BCUT2D eigenvalue weighted by molar-refractivity contribution is 0.258. The van der Waals surface area contributed by atoms with Crippen LogP contribution < -0.4 is 16.4 Å². The summed E-state index contributed by atoms with van der Waals surface area (Å²) in [6.45, 7) is 5.42. The van der Waals surface area contributed by atoms with Crippen LogP contribution in [-0.2, 0) is 6.54 Å². The van der Waals surface area contributed by atoms with Crippen LogP contribution in [0.15, 0.2) is 29.4 Å². The quantitative estimate of drug-likeness (QED) is 0.810. The number of aromatic nitrogens is 2. The summed E-state index contributed by atoms with van der Waals surface area (Å²) in [5, 5.41) is 0.516. The maximum Gasteiger partial charge on any atom is 0.147 e. The number of nitrogens with two attached hydrogens (primary N) is 2. The van der Waals surface area contributed by atoms with Gasteiger partial charge in [-0.05, 0) is 30.9 Å². The van der Waals surface area contributed by atoms with E-state index < -0.39 is 0 Å². The first-order valence-corrected chi connectivity index (χ1v) is 9.29. The summed E-state index contributed by atoms with van der Waals surface area (Å²) < 4.78 is 0. The van der Waals surface area contributed by atoms with Crippen molar-refractivity contribution >= 4 is 28.8 Å². The van der Waals surface area contributed by atoms with Crippen molar-refractivity contribution in [2.24, 2.45) is 16.1 Å². The Kier molecular flexibility index (Phi) is 4.32. The van der Waals surface area contributed by atoms with E-state index in [-0.39, 0.29) is 5.41 Å². The van der Waals surface area contributed by atoms with Crippen molar-refractivity contribution in [3.8, 4) is 0 Å². The third kappa shape index (κ3) is 2.93. The van der Waals surface area contributed by atoms with Gasteiger partial charge in [0.25, 0.3) is 0 Å². The molecule has 0 spiro atoms. The second-order valence-electron chi connectivity index (χ2n) is 7.40. The van der Waals surface area contributed by atoms with Crippen molar-refractivity contribution in [1.82, 2.24) is 9.97 Å². The summed E-state index contributed by atoms with van der Waals surface area (Å²) in [5.41, 5.74) is 15.9. The molecule has 0 amide bonds. The topological polar surface area (TPSA) is 93.4 Å². The van der Waals surface area contributed by atoms with Gasteiger partial charge in [0.15, 0.2) is 0 Å². The minimum atomic E-state index is 0.237. The Morgan fingerprint density at radius 3 is 2.77 bits per heavy atom. The molecule has 136 valence electrons. The van der Waals surface area contributed by atoms with E-state index in [1.165, 1.54) is 0 Å². The Morgan fingerprint density at radius 2 is 2.04 bits per heavy atom. The highest BCUT2D eigenvalue weighted by Gasteiger charge is 2.30. The van der Waals surface area contributed by atoms with Gasteiger partial charge in [-0.25, -0.2) is 9.97 Å². The highest BCUT2D eigenvalue weighted by Crippen LogP contribution is 2.33. The van der Waals surface area contributed by atoms with Gasteiger partial charge in [0.1, 0.15) is 11.5 Å². The van der Waals surface area contributed by atoms with Gasteiger partial charge in [-0.2, -0.15) is 0 Å². The Labute approximate surface area is 158 Å². The number of fused-ring (bicyclic) bond motifs is 1. The number of halogens is 1. The first-order valence-electron chi connectivity index (χ1n) is 8.91. The summed E-state index contributed by atoms with van der Waals surface area (Å²) in [6, 6.07) is 5.57. The van der Waals surface area contributed by atoms with E-state index in [2.05, 4.69) is 21.8 Å². The van der Waals surface area contributed by atoms with Crippen molar-refractivity contribution in [3.63, 3.8) is 0 Å². The van der Waals surface area contributed by atoms with Gasteiger partial charge in [-0.1, -0.05) is 30.7 Å². The molecule has 1 fully saturated rings. The van der Waals surface area contributed by atoms with Crippen LogP contribution in [0.3, 0.4) is 0 Å². The van der Waals surface area contributed by atoms with Gasteiger partial charge in [0.05, 0.1) is 34.9 Å². The van der Waals surface area contributed by atoms with Crippen molar-refractivity contribution in [2.45, 2.75) is 26.3 Å². The third-order valence-electron chi connectivity index (χ3n) is 5.51. The predicted molar refractivity (Wildman–Crippen MR) is 106 cm³/mol. The number of anilines is 2. The molecule has 2 aliphatic heterocycles. The third-order valence-corrected chi connectivity index (χ3v) is 5.94. The molecule has 6 nitrogen and oxygen atoms in total. The lowest BCUT2D eigenvalue weighted by Gasteiger charge is -2.39. The molecule has 4 N–H and O–H groups in total. The van der Waals surface area contributed by atoms with Gasteiger partial charge in [0, 0.05) is 18.7 Å². The molecule has 3 heterocycles. The fourth-order valence-corrected chi connectivity index (χ4v) is 3.75. The van der Waals surface area contributed by atoms with Gasteiger partial charge < -0.3 is 16.4 Å². The molecule has 0 bridgehead atoms. The van der Waals surface area contributed by atoms with Crippen LogP contribution in [0.1, 0.15) is 36.7 Å². The van der Waals surface area contributed by atoms with Crippen LogP contribution in [0.25, 0.3) is 0 Å². The smallest absolute Gasteiger partial charge is 0.147 e. The molecule has 0 radical (unpaired) electrons. The number of rotatable bonds is 3. The molecule has 1 aromatic heterocycles. The molecule has 0 atom stereocenters. The fraction of sp³-hybridized carbons (Fsp3) is 0.421. The van der Waals surface area contributed by atoms with Crippen molar-refractivity contribution in [3.05, 3.63) is 46.4 Å². The summed E-state index contributed by atoms with van der Waals surface area (Å²) in [7, 11) is 0. The molecular formula is C19H23ClN6. The number of benzene rings is 1. The van der Waals surface area contributed by atoms with Gasteiger partial charge >= 0.3 is 0 Å². The number of hydrogen-bond acceptors (Lipinski definition) is 6. The van der Waals surface area contributed by atoms with Crippen molar-refractivity contribution in [2.75, 3.05) is 30.3 Å². The molecule has 4 rings (SSSR count). The van der Waals surface area contributed by atoms with E-state index in [0.717, 1.165) is 61.0 Å². The maximum atomic E-state index is 6.36. The Balaban J connectivity index is 1.58. The molecular weight excluding hydrogens is 348 g/mol. The van der Waals surface area contributed by atoms with Gasteiger partial charge in [-0.3, -0.25) is 4.99 Å². The summed E-state index contributed by atoms with van der Waals surface area (Å²) >= 11 is 6.36. The van der Waals surface area contributed by atoms with Gasteiger partial charge in [0.2, 0.25) is 0 Å². The second-order valence-corrected chi connectivity index (χ2v) is 7.78. The van der Waals surface area contributed by atoms with Gasteiger partial charge in [-0.15, -0.1) is 0 Å². The van der Waals surface area contributed by atoms with Crippen molar-refractivity contribution < 1.29 is 0 Å². The van der Waals surface area contributed by atoms with E-state index >= 15 is 0 Å². The fourth-order valence-electron chi connectivity index (χ4n) is 3.53. The van der Waals surface area contributed by atoms with E-state index in [1.807, 2.05) is 18.3 Å². The van der Waals surface area contributed by atoms with Crippen LogP contribution in [0, 0.1) is 5.41 Å². The van der Waals surface area contributed by atoms with E-state index in [1.54, 1.807) is 6.07 Å². The van der Waals surface area contributed by atoms with Crippen LogP contribution in [0.4, 0.5) is 11.5 Å². The number of aliphatic imine (C=N–C) groups is 1. The average molecular weight is 371 g/mol. The number of nitrogen functional groups attached to an aromatic ring is 1. The molecule has 2 aliphatic rings. The standard InChI is InChI=1S/C19H23ClN6/c1-19(11-21)5-7-26(8-6-19)15-10-24-18-14(25-15)9-23-17(18)12-3-2-4-13(22)16(12)20/h2-4,10H,5-9,11,21-22H2,1H3. The van der Waals surface area contributed by atoms with Crippen LogP contribution in [0.5, 0.6) is 0 Å². The lowest BCUT2D eigenvalue weighted by Crippen LogP contribution is -2.42. The second kappa shape index (κ2) is 6.52. The first-order chi connectivity index (χ1) is 12.5. The highest BCUT2D eigenvalue weighted by molar-refractivity contribution is 6.37. The van der Waals surface area contributed by atoms with Crippen LogP contribution >= 0.6 is 11.6 Å². The van der Waals surface area contributed by atoms with Crippen molar-refractivity contribution in [1.29, 1.82) is 0 Å². The monoisotopic (exact) mass is 370 g/mol. The highest BCUT2D eigenvalue weighted by atomic mass is 35.5. The summed E-state index contributed by atoms with van der Waals surface area (Å²) in [4.78, 5) is 16.4. The Morgan fingerprint density at radius 1 is 1.27 bits per heavy atom. The normalized spacial score (nSPS) is 18.6. The minimum Gasteiger partial charge on any atom is -0.398 e. The zero-order valence-corrected chi connectivity index (χ0v) is 15.6. The molecule has 0 unspecified atom stereocenters. The molecule has 0 saturated carbocycles. The zero-order chi connectivity index (χ0) is 18.3. The number of nitrogens with zero attached hydrogens (tertiary/aromatic N) is 4. The molecule has 0 aliphatic carbocycles. The number of hydrogen-bond donors (Lipinski definition) is 2. The zero-order valence-electron chi connectivity index (χ0n) is 14.9. The molecule has 1 aromatic carbocycles. The summed E-state index contributed by atoms with van der Waals surface area (Å²) in [5.74, 6) is 0.915. The van der Waals surface area contributed by atoms with E-state index in [4.69, 9.17) is 28.1 Å². The Bertz CT molecular complexity index is 870. The molecule has 2 aromatic rings. The Hall–Kier alpha value is -2.18. The van der Waals surface area contributed by atoms with Crippen LogP contribution in [-0.4, -0.2) is 35.3 Å². The largest absolute Gasteiger partial charge is 0.398 e. The SMILES string of the molecule is CC1(CN)CCN(c2cnc3c(n2)CN=C3c2cccc(N)c2Cl)CC1. The summed E-state index contributed by atoms with van der Waals surface area (Å²) in [6.07, 6.45) is 3.98. The lowest BCUT2D eigenvalue weighted by atomic mass is 9.80.